The second kappa shape index (κ2) is 8.68. The molecule has 4 nitrogen and oxygen atoms in total. The Morgan fingerprint density at radius 2 is 1.85 bits per heavy atom. The number of benzene rings is 2. The molecule has 0 aliphatic heterocycles. The number of aldehydes is 1. The van der Waals surface area contributed by atoms with Crippen LogP contribution in [0.2, 0.25) is 5.15 Å². The predicted octanol–water partition coefficient (Wildman–Crippen LogP) is 5.24. The lowest BCUT2D eigenvalue weighted by Gasteiger charge is -2.11. The SMILES string of the molecule is CCCCOc1ccc(-c2nc(Cl)c(C=O)n2Cc2ccccc2)cc1. The molecule has 5 heteroatoms. The van der Waals surface area contributed by atoms with E-state index in [9.17, 15) is 4.79 Å². The molecule has 3 rings (SSSR count). The zero-order valence-corrected chi connectivity index (χ0v) is 15.4. The number of carbonyl (C=O) groups excluding carboxylic acids is 1. The quantitative estimate of drug-likeness (QED) is 0.403. The number of ether oxygens (including phenoxy) is 1. The lowest BCUT2D eigenvalue weighted by Crippen LogP contribution is -2.06. The van der Waals surface area contributed by atoms with Crippen molar-refractivity contribution in [2.45, 2.75) is 26.3 Å². The van der Waals surface area contributed by atoms with Gasteiger partial charge in [0.2, 0.25) is 0 Å². The van der Waals surface area contributed by atoms with Gasteiger partial charge >= 0.3 is 0 Å². The third kappa shape index (κ3) is 4.14. The molecule has 0 aliphatic carbocycles. The molecule has 0 fully saturated rings. The van der Waals surface area contributed by atoms with Gasteiger partial charge < -0.3 is 9.30 Å². The molecule has 26 heavy (non-hydrogen) atoms. The molecule has 0 amide bonds. The van der Waals surface area contributed by atoms with Crippen molar-refractivity contribution >= 4 is 17.9 Å². The van der Waals surface area contributed by atoms with Crippen molar-refractivity contribution < 1.29 is 9.53 Å². The molecule has 0 radical (unpaired) electrons. The van der Waals surface area contributed by atoms with Crippen LogP contribution >= 0.6 is 11.6 Å². The number of unbranched alkanes of at least 4 members (excludes halogenated alkanes) is 1. The topological polar surface area (TPSA) is 44.1 Å². The maximum Gasteiger partial charge on any atom is 0.169 e. The monoisotopic (exact) mass is 368 g/mol. The number of halogens is 1. The first-order valence-electron chi connectivity index (χ1n) is 8.71. The van der Waals surface area contributed by atoms with E-state index in [2.05, 4.69) is 11.9 Å². The second-order valence-electron chi connectivity index (χ2n) is 6.03. The number of rotatable bonds is 8. The summed E-state index contributed by atoms with van der Waals surface area (Å²) in [5, 5.41) is 0.217. The van der Waals surface area contributed by atoms with Crippen LogP contribution in [-0.4, -0.2) is 22.4 Å². The summed E-state index contributed by atoms with van der Waals surface area (Å²) in [6.07, 6.45) is 2.88. The molecule has 0 bridgehead atoms. The summed E-state index contributed by atoms with van der Waals surface area (Å²) in [5.74, 6) is 1.49. The van der Waals surface area contributed by atoms with Gasteiger partial charge in [-0.2, -0.15) is 0 Å². The van der Waals surface area contributed by atoms with Crippen LogP contribution in [0.3, 0.4) is 0 Å². The minimum atomic E-state index is 0.217. The van der Waals surface area contributed by atoms with Crippen LogP contribution in [0, 0.1) is 0 Å². The number of imidazole rings is 1. The van der Waals surface area contributed by atoms with E-state index in [-0.39, 0.29) is 5.15 Å². The molecule has 0 unspecified atom stereocenters. The molecular formula is C21H21ClN2O2. The molecule has 0 saturated heterocycles. The number of carbonyl (C=O) groups is 1. The zero-order valence-electron chi connectivity index (χ0n) is 14.7. The van der Waals surface area contributed by atoms with E-state index < -0.39 is 0 Å². The largest absolute Gasteiger partial charge is 0.494 e. The van der Waals surface area contributed by atoms with E-state index in [1.54, 1.807) is 0 Å². The Bertz CT molecular complexity index is 858. The fraction of sp³-hybridized carbons (Fsp3) is 0.238. The van der Waals surface area contributed by atoms with Gasteiger partial charge in [0.15, 0.2) is 11.4 Å². The van der Waals surface area contributed by atoms with Gasteiger partial charge in [0.25, 0.3) is 0 Å². The minimum absolute atomic E-state index is 0.217. The zero-order chi connectivity index (χ0) is 18.4. The van der Waals surface area contributed by atoms with Crippen molar-refractivity contribution in [1.82, 2.24) is 9.55 Å². The summed E-state index contributed by atoms with van der Waals surface area (Å²) in [6, 6.07) is 17.6. The normalized spacial score (nSPS) is 10.7. The first kappa shape index (κ1) is 18.2. The van der Waals surface area contributed by atoms with Crippen molar-refractivity contribution in [2.24, 2.45) is 0 Å². The Hall–Kier alpha value is -2.59. The van der Waals surface area contributed by atoms with E-state index in [1.165, 1.54) is 0 Å². The number of nitrogens with zero attached hydrogens (tertiary/aromatic N) is 2. The van der Waals surface area contributed by atoms with E-state index in [1.807, 2.05) is 59.2 Å². The van der Waals surface area contributed by atoms with Crippen LogP contribution in [0.5, 0.6) is 5.75 Å². The second-order valence-corrected chi connectivity index (χ2v) is 6.39. The molecule has 0 atom stereocenters. The third-order valence-electron chi connectivity index (χ3n) is 4.14. The minimum Gasteiger partial charge on any atom is -0.494 e. The summed E-state index contributed by atoms with van der Waals surface area (Å²) in [7, 11) is 0. The molecule has 0 aliphatic rings. The van der Waals surface area contributed by atoms with Gasteiger partial charge in [-0.05, 0) is 36.2 Å². The van der Waals surface area contributed by atoms with Gasteiger partial charge in [-0.25, -0.2) is 4.98 Å². The van der Waals surface area contributed by atoms with Crippen LogP contribution < -0.4 is 4.74 Å². The Morgan fingerprint density at radius 3 is 2.50 bits per heavy atom. The van der Waals surface area contributed by atoms with E-state index in [4.69, 9.17) is 16.3 Å². The van der Waals surface area contributed by atoms with Crippen LogP contribution in [0.15, 0.2) is 54.6 Å². The van der Waals surface area contributed by atoms with Gasteiger partial charge in [0.1, 0.15) is 17.3 Å². The summed E-state index contributed by atoms with van der Waals surface area (Å²) in [5.41, 5.74) is 2.35. The molecule has 0 saturated carbocycles. The van der Waals surface area contributed by atoms with Crippen molar-refractivity contribution in [3.05, 3.63) is 71.0 Å². The van der Waals surface area contributed by atoms with Gasteiger partial charge in [0.05, 0.1) is 6.61 Å². The number of hydrogen-bond donors (Lipinski definition) is 0. The molecule has 1 aromatic heterocycles. The molecule has 2 aromatic carbocycles. The highest BCUT2D eigenvalue weighted by Crippen LogP contribution is 2.27. The van der Waals surface area contributed by atoms with Crippen molar-refractivity contribution in [1.29, 1.82) is 0 Å². The molecule has 134 valence electrons. The highest BCUT2D eigenvalue weighted by Gasteiger charge is 2.17. The summed E-state index contributed by atoms with van der Waals surface area (Å²) < 4.78 is 7.55. The van der Waals surface area contributed by atoms with E-state index in [0.29, 0.717) is 24.7 Å². The van der Waals surface area contributed by atoms with E-state index >= 15 is 0 Å². The fourth-order valence-electron chi connectivity index (χ4n) is 2.73. The average Bonchev–Trinajstić information content (AvgIpc) is 2.98. The smallest absolute Gasteiger partial charge is 0.169 e. The standard InChI is InChI=1S/C21H21ClN2O2/c1-2-3-13-26-18-11-9-17(10-12-18)21-23-20(22)19(15-25)24(21)14-16-7-5-4-6-8-16/h4-12,15H,2-3,13-14H2,1H3. The van der Waals surface area contributed by atoms with Crippen molar-refractivity contribution in [3.8, 4) is 17.1 Å². The Kier molecular flexibility index (Phi) is 6.08. The average molecular weight is 369 g/mol. The summed E-state index contributed by atoms with van der Waals surface area (Å²) in [4.78, 5) is 15.9. The fourth-order valence-corrected chi connectivity index (χ4v) is 2.96. The van der Waals surface area contributed by atoms with Crippen molar-refractivity contribution in [3.63, 3.8) is 0 Å². The van der Waals surface area contributed by atoms with Gasteiger partial charge in [-0.15, -0.1) is 0 Å². The highest BCUT2D eigenvalue weighted by molar-refractivity contribution is 6.31. The lowest BCUT2D eigenvalue weighted by atomic mass is 10.2. The molecular weight excluding hydrogens is 348 g/mol. The first-order chi connectivity index (χ1) is 12.7. The van der Waals surface area contributed by atoms with Crippen molar-refractivity contribution in [2.75, 3.05) is 6.61 Å². The maximum absolute atomic E-state index is 11.5. The van der Waals surface area contributed by atoms with Crippen LogP contribution in [-0.2, 0) is 6.54 Å². The molecule has 0 N–H and O–H groups in total. The maximum atomic E-state index is 11.5. The number of hydrogen-bond acceptors (Lipinski definition) is 3. The Balaban J connectivity index is 1.90. The van der Waals surface area contributed by atoms with Crippen LogP contribution in [0.1, 0.15) is 35.8 Å². The predicted molar refractivity (Wildman–Crippen MR) is 104 cm³/mol. The van der Waals surface area contributed by atoms with Crippen LogP contribution in [0.4, 0.5) is 0 Å². The molecule has 3 aromatic rings. The summed E-state index contributed by atoms with van der Waals surface area (Å²) >= 11 is 6.19. The highest BCUT2D eigenvalue weighted by atomic mass is 35.5. The summed E-state index contributed by atoms with van der Waals surface area (Å²) in [6.45, 7) is 3.37. The Labute approximate surface area is 158 Å². The first-order valence-corrected chi connectivity index (χ1v) is 9.09. The van der Waals surface area contributed by atoms with Gasteiger partial charge in [0, 0.05) is 12.1 Å². The third-order valence-corrected chi connectivity index (χ3v) is 4.41. The van der Waals surface area contributed by atoms with Crippen LogP contribution in [0.25, 0.3) is 11.4 Å². The van der Waals surface area contributed by atoms with Gasteiger partial charge in [-0.3, -0.25) is 4.79 Å². The lowest BCUT2D eigenvalue weighted by molar-refractivity contribution is 0.111. The molecule has 0 spiro atoms. The number of aromatic nitrogens is 2. The molecule has 1 heterocycles. The Morgan fingerprint density at radius 1 is 1.12 bits per heavy atom. The van der Waals surface area contributed by atoms with E-state index in [0.717, 1.165) is 36.0 Å². The van der Waals surface area contributed by atoms with Gasteiger partial charge in [-0.1, -0.05) is 55.3 Å².